The fourth-order valence-corrected chi connectivity index (χ4v) is 5.96. The number of likely N-dealkylation sites (tertiary alicyclic amines) is 1. The molecule has 2 N–H and O–H groups in total. The van der Waals surface area contributed by atoms with Crippen molar-refractivity contribution in [3.63, 3.8) is 0 Å². The summed E-state index contributed by atoms with van der Waals surface area (Å²) in [5, 5.41) is 20.0. The maximum atomic E-state index is 13.1. The normalized spacial score (nSPS) is 23.0. The van der Waals surface area contributed by atoms with Crippen LogP contribution in [0.5, 0.6) is 0 Å². The van der Waals surface area contributed by atoms with Gasteiger partial charge in [0, 0.05) is 35.0 Å². The maximum Gasteiger partial charge on any atom is 0.226 e. The van der Waals surface area contributed by atoms with Gasteiger partial charge >= 0.3 is 0 Å². The van der Waals surface area contributed by atoms with Crippen molar-refractivity contribution in [3.05, 3.63) is 28.9 Å². The highest BCUT2D eigenvalue weighted by atomic mass is 35.5. The van der Waals surface area contributed by atoms with Gasteiger partial charge in [-0.25, -0.2) is 0 Å². The van der Waals surface area contributed by atoms with Crippen LogP contribution in [0.3, 0.4) is 0 Å². The minimum Gasteiger partial charge on any atom is -0.388 e. The second-order valence-electron chi connectivity index (χ2n) is 11.0. The molecule has 2 fully saturated rings. The van der Waals surface area contributed by atoms with Crippen molar-refractivity contribution >= 4 is 28.4 Å². The SMILES string of the molecule is CC(C)(C1CCN(C(=O)C2C(C)(C)C2(C)C)CC1)C(O)c1cc(Cl)cc2cn[nH]c12. The van der Waals surface area contributed by atoms with E-state index in [2.05, 4.69) is 51.7 Å². The van der Waals surface area contributed by atoms with E-state index in [0.717, 1.165) is 42.4 Å². The zero-order valence-electron chi connectivity index (χ0n) is 18.9. The summed E-state index contributed by atoms with van der Waals surface area (Å²) in [5.41, 5.74) is 1.41. The molecule has 0 bridgehead atoms. The number of nitrogens with one attached hydrogen (secondary N) is 1. The number of hydrogen-bond donors (Lipinski definition) is 2. The van der Waals surface area contributed by atoms with Crippen LogP contribution in [0.2, 0.25) is 5.02 Å². The van der Waals surface area contributed by atoms with E-state index in [4.69, 9.17) is 11.6 Å². The first-order valence-corrected chi connectivity index (χ1v) is 11.4. The molecular weight excluding hydrogens is 398 g/mol. The molecule has 1 saturated carbocycles. The second-order valence-corrected chi connectivity index (χ2v) is 11.5. The number of benzene rings is 1. The topological polar surface area (TPSA) is 69.2 Å². The predicted octanol–water partition coefficient (Wildman–Crippen LogP) is 5.20. The molecule has 1 saturated heterocycles. The predicted molar refractivity (Wildman–Crippen MR) is 120 cm³/mol. The Hall–Kier alpha value is -1.59. The molecule has 164 valence electrons. The first kappa shape index (κ1) is 21.6. The summed E-state index contributed by atoms with van der Waals surface area (Å²) in [7, 11) is 0. The molecule has 1 aliphatic carbocycles. The van der Waals surface area contributed by atoms with Crippen LogP contribution in [-0.2, 0) is 4.79 Å². The number of carbonyl (C=O) groups is 1. The lowest BCUT2D eigenvalue weighted by atomic mass is 9.68. The smallest absolute Gasteiger partial charge is 0.226 e. The fraction of sp³-hybridized carbons (Fsp3) is 0.667. The van der Waals surface area contributed by atoms with Crippen molar-refractivity contribution < 1.29 is 9.90 Å². The van der Waals surface area contributed by atoms with Crippen molar-refractivity contribution in [2.24, 2.45) is 28.1 Å². The Labute approximate surface area is 184 Å². The Morgan fingerprint density at radius 3 is 2.40 bits per heavy atom. The second kappa shape index (κ2) is 6.96. The Morgan fingerprint density at radius 1 is 1.23 bits per heavy atom. The largest absolute Gasteiger partial charge is 0.388 e. The summed E-state index contributed by atoms with van der Waals surface area (Å²) in [6, 6.07) is 3.69. The molecule has 2 heterocycles. The van der Waals surface area contributed by atoms with Crippen molar-refractivity contribution in [2.45, 2.75) is 60.5 Å². The molecule has 0 radical (unpaired) electrons. The summed E-state index contributed by atoms with van der Waals surface area (Å²) in [4.78, 5) is 15.2. The number of amides is 1. The average molecular weight is 432 g/mol. The Kier molecular flexibility index (Phi) is 5.02. The number of H-pyrrole nitrogens is 1. The molecule has 1 atom stereocenters. The van der Waals surface area contributed by atoms with Gasteiger partial charge in [-0.05, 0) is 47.1 Å². The van der Waals surface area contributed by atoms with Crippen molar-refractivity contribution in [3.8, 4) is 0 Å². The van der Waals surface area contributed by atoms with Crippen LogP contribution in [0.1, 0.15) is 66.1 Å². The third-order valence-electron chi connectivity index (χ3n) is 8.67. The Balaban J connectivity index is 1.47. The van der Waals surface area contributed by atoms with E-state index < -0.39 is 6.10 Å². The standard InChI is InChI=1S/C24H34ClN3O2/c1-22(2,20(29)17-12-16(25)11-14-13-26-27-18(14)17)15-7-9-28(10-8-15)21(30)19-23(3,4)24(19,5)6/h11-13,15,19-20,29H,7-10H2,1-6H3,(H,26,27). The van der Waals surface area contributed by atoms with Crippen molar-refractivity contribution in [1.29, 1.82) is 0 Å². The first-order chi connectivity index (χ1) is 13.9. The number of aliphatic hydroxyl groups is 1. The van der Waals surface area contributed by atoms with Crippen molar-refractivity contribution in [2.75, 3.05) is 13.1 Å². The number of aromatic nitrogens is 2. The number of halogens is 1. The van der Waals surface area contributed by atoms with E-state index in [9.17, 15) is 9.90 Å². The molecule has 1 aromatic carbocycles. The van der Waals surface area contributed by atoms with Gasteiger partial charge in [-0.1, -0.05) is 53.1 Å². The van der Waals surface area contributed by atoms with Crippen LogP contribution in [0, 0.1) is 28.1 Å². The molecule has 0 spiro atoms. The monoisotopic (exact) mass is 431 g/mol. The zero-order valence-corrected chi connectivity index (χ0v) is 19.7. The number of nitrogens with zero attached hydrogens (tertiary/aromatic N) is 2. The van der Waals surface area contributed by atoms with Crippen LogP contribution in [0.15, 0.2) is 18.3 Å². The Bertz CT molecular complexity index is 956. The number of aromatic amines is 1. The quantitative estimate of drug-likeness (QED) is 0.699. The highest BCUT2D eigenvalue weighted by molar-refractivity contribution is 6.31. The molecule has 1 aliphatic heterocycles. The first-order valence-electron chi connectivity index (χ1n) is 11.0. The molecule has 1 amide bonds. The number of aliphatic hydroxyl groups excluding tert-OH is 1. The summed E-state index contributed by atoms with van der Waals surface area (Å²) >= 11 is 6.30. The maximum absolute atomic E-state index is 13.1. The van der Waals surface area contributed by atoms with Gasteiger partial charge < -0.3 is 10.0 Å². The van der Waals surface area contributed by atoms with Crippen molar-refractivity contribution in [1.82, 2.24) is 15.1 Å². The van der Waals surface area contributed by atoms with Crippen LogP contribution in [-0.4, -0.2) is 39.2 Å². The molecule has 1 aromatic heterocycles. The summed E-state index contributed by atoms with van der Waals surface area (Å²) in [6.07, 6.45) is 2.86. The van der Waals surface area contributed by atoms with Gasteiger partial charge in [0.15, 0.2) is 0 Å². The number of carbonyl (C=O) groups excluding carboxylic acids is 1. The molecule has 2 aliphatic rings. The van der Waals surface area contributed by atoms with E-state index >= 15 is 0 Å². The zero-order chi connectivity index (χ0) is 22.1. The number of rotatable bonds is 4. The average Bonchev–Trinajstić information content (AvgIpc) is 3.00. The lowest BCUT2D eigenvalue weighted by Crippen LogP contribution is -2.44. The van der Waals surface area contributed by atoms with E-state index in [1.54, 1.807) is 6.20 Å². The minimum absolute atomic E-state index is 0.0679. The lowest BCUT2D eigenvalue weighted by molar-refractivity contribution is -0.136. The van der Waals surface area contributed by atoms with Crippen LogP contribution in [0.25, 0.3) is 10.9 Å². The summed E-state index contributed by atoms with van der Waals surface area (Å²) < 4.78 is 0. The number of hydrogen-bond acceptors (Lipinski definition) is 3. The molecular formula is C24H34ClN3O2. The van der Waals surface area contributed by atoms with Gasteiger partial charge in [-0.2, -0.15) is 5.10 Å². The summed E-state index contributed by atoms with van der Waals surface area (Å²) in [6.45, 7) is 14.6. The van der Waals surface area contributed by atoms with Gasteiger partial charge in [0.25, 0.3) is 0 Å². The molecule has 5 nitrogen and oxygen atoms in total. The third-order valence-corrected chi connectivity index (χ3v) is 8.89. The Morgan fingerprint density at radius 2 is 1.83 bits per heavy atom. The van der Waals surface area contributed by atoms with Gasteiger partial charge in [-0.15, -0.1) is 0 Å². The van der Waals surface area contributed by atoms with Gasteiger partial charge in [0.2, 0.25) is 5.91 Å². The highest BCUT2D eigenvalue weighted by Crippen LogP contribution is 2.69. The third kappa shape index (κ3) is 3.16. The van der Waals surface area contributed by atoms with E-state index in [1.165, 1.54) is 0 Å². The van der Waals surface area contributed by atoms with Gasteiger partial charge in [0.05, 0.1) is 17.8 Å². The van der Waals surface area contributed by atoms with E-state index in [-0.39, 0.29) is 22.2 Å². The highest BCUT2D eigenvalue weighted by Gasteiger charge is 2.68. The molecule has 1 unspecified atom stereocenters. The minimum atomic E-state index is -0.673. The van der Waals surface area contributed by atoms with Crippen LogP contribution < -0.4 is 0 Å². The number of piperidine rings is 1. The van der Waals surface area contributed by atoms with Gasteiger partial charge in [0.1, 0.15) is 0 Å². The van der Waals surface area contributed by atoms with Crippen LogP contribution >= 0.6 is 11.6 Å². The van der Waals surface area contributed by atoms with E-state index in [1.807, 2.05) is 17.0 Å². The fourth-order valence-electron chi connectivity index (χ4n) is 5.73. The lowest BCUT2D eigenvalue weighted by Gasteiger charge is -2.43. The molecule has 4 rings (SSSR count). The van der Waals surface area contributed by atoms with Gasteiger partial charge in [-0.3, -0.25) is 9.89 Å². The van der Waals surface area contributed by atoms with Crippen LogP contribution in [0.4, 0.5) is 0 Å². The molecule has 6 heteroatoms. The molecule has 2 aromatic rings. The van der Waals surface area contributed by atoms with E-state index in [0.29, 0.717) is 16.8 Å². The number of fused-ring (bicyclic) bond motifs is 1. The molecule has 30 heavy (non-hydrogen) atoms. The summed E-state index contributed by atoms with van der Waals surface area (Å²) in [5.74, 6) is 0.727.